The van der Waals surface area contributed by atoms with Crippen molar-refractivity contribution in [1.82, 2.24) is 14.5 Å². The van der Waals surface area contributed by atoms with Crippen LogP contribution in [0.1, 0.15) is 17.3 Å². The van der Waals surface area contributed by atoms with Crippen molar-refractivity contribution in [2.45, 2.75) is 6.92 Å². The Bertz CT molecular complexity index is 541. The van der Waals surface area contributed by atoms with Crippen molar-refractivity contribution < 1.29 is 4.79 Å². The highest BCUT2D eigenvalue weighted by molar-refractivity contribution is 5.97. The normalized spacial score (nSPS) is 10.2. The predicted molar refractivity (Wildman–Crippen MR) is 59.3 cm³/mol. The van der Waals surface area contributed by atoms with Gasteiger partial charge in [-0.05, 0) is 6.92 Å². The molecule has 0 unspecified atom stereocenters. The van der Waals surface area contributed by atoms with Gasteiger partial charge < -0.3 is 11.1 Å². The van der Waals surface area contributed by atoms with Gasteiger partial charge >= 0.3 is 5.69 Å². The van der Waals surface area contributed by atoms with Crippen molar-refractivity contribution >= 4 is 11.7 Å². The monoisotopic (exact) mass is 226 g/mol. The summed E-state index contributed by atoms with van der Waals surface area (Å²) in [4.78, 5) is 34.7. The maximum absolute atomic E-state index is 11.7. The summed E-state index contributed by atoms with van der Waals surface area (Å²) < 4.78 is 1.91. The maximum Gasteiger partial charge on any atom is 0.332 e. The predicted octanol–water partition coefficient (Wildman–Crippen LogP) is -1.58. The van der Waals surface area contributed by atoms with Gasteiger partial charge in [-0.1, -0.05) is 0 Å². The third kappa shape index (κ3) is 1.71. The number of nitrogens with two attached hydrogens (primary N) is 1. The molecule has 7 heteroatoms. The SMILES string of the molecule is CCNC(=O)c1c(N)n(C)c(=O)n(C)c1=O. The van der Waals surface area contributed by atoms with Crippen molar-refractivity contribution in [3.8, 4) is 0 Å². The van der Waals surface area contributed by atoms with Gasteiger partial charge in [0, 0.05) is 20.6 Å². The number of nitrogens with one attached hydrogen (secondary N) is 1. The molecule has 0 aliphatic heterocycles. The number of amides is 1. The number of nitrogens with zero attached hydrogens (tertiary/aromatic N) is 2. The fraction of sp³-hybridized carbons (Fsp3) is 0.444. The molecule has 1 aromatic rings. The number of nitrogen functional groups attached to an aromatic ring is 1. The Hall–Kier alpha value is -2.05. The first-order chi connectivity index (χ1) is 7.41. The summed E-state index contributed by atoms with van der Waals surface area (Å²) in [7, 11) is 2.70. The van der Waals surface area contributed by atoms with E-state index in [4.69, 9.17) is 5.73 Å². The first-order valence-electron chi connectivity index (χ1n) is 4.75. The van der Waals surface area contributed by atoms with E-state index in [2.05, 4.69) is 5.32 Å². The van der Waals surface area contributed by atoms with Gasteiger partial charge in [-0.25, -0.2) is 4.79 Å². The summed E-state index contributed by atoms with van der Waals surface area (Å²) in [6, 6.07) is 0. The molecule has 0 saturated carbocycles. The Kier molecular flexibility index (Phi) is 3.17. The van der Waals surface area contributed by atoms with Gasteiger partial charge in [0.15, 0.2) is 0 Å². The number of hydrogen-bond acceptors (Lipinski definition) is 4. The average Bonchev–Trinajstić information content (AvgIpc) is 2.24. The number of carbonyl (C=O) groups excluding carboxylic acids is 1. The van der Waals surface area contributed by atoms with E-state index in [0.29, 0.717) is 6.54 Å². The van der Waals surface area contributed by atoms with Crippen LogP contribution in [0.4, 0.5) is 5.82 Å². The molecule has 0 aromatic carbocycles. The molecule has 0 aliphatic carbocycles. The Morgan fingerprint density at radius 3 is 2.38 bits per heavy atom. The third-order valence-corrected chi connectivity index (χ3v) is 2.27. The zero-order valence-corrected chi connectivity index (χ0v) is 9.40. The van der Waals surface area contributed by atoms with E-state index in [0.717, 1.165) is 9.13 Å². The van der Waals surface area contributed by atoms with E-state index in [9.17, 15) is 14.4 Å². The van der Waals surface area contributed by atoms with Crippen LogP contribution in [0.5, 0.6) is 0 Å². The van der Waals surface area contributed by atoms with Gasteiger partial charge in [-0.2, -0.15) is 0 Å². The topological polar surface area (TPSA) is 99.1 Å². The van der Waals surface area contributed by atoms with Crippen LogP contribution in [0, 0.1) is 0 Å². The van der Waals surface area contributed by atoms with Crippen molar-refractivity contribution in [3.05, 3.63) is 26.4 Å². The molecule has 0 radical (unpaired) electrons. The van der Waals surface area contributed by atoms with Gasteiger partial charge in [-0.15, -0.1) is 0 Å². The number of carbonyl (C=O) groups is 1. The highest BCUT2D eigenvalue weighted by Crippen LogP contribution is 2.01. The Morgan fingerprint density at radius 1 is 1.31 bits per heavy atom. The molecule has 0 atom stereocenters. The first kappa shape index (κ1) is 12.0. The smallest absolute Gasteiger partial charge is 0.332 e. The van der Waals surface area contributed by atoms with Crippen LogP contribution in [0.25, 0.3) is 0 Å². The van der Waals surface area contributed by atoms with Gasteiger partial charge in [0.05, 0.1) is 0 Å². The fourth-order valence-corrected chi connectivity index (χ4v) is 1.32. The van der Waals surface area contributed by atoms with Crippen molar-refractivity contribution in [2.75, 3.05) is 12.3 Å². The van der Waals surface area contributed by atoms with E-state index < -0.39 is 17.2 Å². The molecular formula is C9H14N4O3. The number of hydrogen-bond donors (Lipinski definition) is 2. The quantitative estimate of drug-likeness (QED) is 0.635. The van der Waals surface area contributed by atoms with E-state index in [1.54, 1.807) is 6.92 Å². The Labute approximate surface area is 91.5 Å². The van der Waals surface area contributed by atoms with Crippen molar-refractivity contribution in [2.24, 2.45) is 14.1 Å². The molecular weight excluding hydrogens is 212 g/mol. The van der Waals surface area contributed by atoms with Crippen LogP contribution < -0.4 is 22.3 Å². The zero-order valence-electron chi connectivity index (χ0n) is 9.40. The minimum absolute atomic E-state index is 0.126. The average molecular weight is 226 g/mol. The number of aromatic nitrogens is 2. The molecule has 1 amide bonds. The lowest BCUT2D eigenvalue weighted by Gasteiger charge is -2.10. The van der Waals surface area contributed by atoms with E-state index in [1.807, 2.05) is 0 Å². The Morgan fingerprint density at radius 2 is 1.88 bits per heavy atom. The highest BCUT2D eigenvalue weighted by atomic mass is 16.2. The molecule has 0 aliphatic rings. The zero-order chi connectivity index (χ0) is 12.5. The standard InChI is InChI=1S/C9H14N4O3/c1-4-11-7(14)5-6(10)12(2)9(16)13(3)8(5)15/h4,10H2,1-3H3,(H,11,14). The molecule has 1 heterocycles. The molecule has 0 saturated heterocycles. The second-order valence-electron chi connectivity index (χ2n) is 3.33. The van der Waals surface area contributed by atoms with Crippen LogP contribution >= 0.6 is 0 Å². The second-order valence-corrected chi connectivity index (χ2v) is 3.33. The summed E-state index contributed by atoms with van der Waals surface area (Å²) in [5, 5.41) is 2.47. The summed E-state index contributed by atoms with van der Waals surface area (Å²) in [5.41, 5.74) is 4.12. The van der Waals surface area contributed by atoms with Crippen LogP contribution in [-0.4, -0.2) is 21.6 Å². The largest absolute Gasteiger partial charge is 0.384 e. The van der Waals surface area contributed by atoms with Crippen LogP contribution in [0.2, 0.25) is 0 Å². The molecule has 88 valence electrons. The summed E-state index contributed by atoms with van der Waals surface area (Å²) in [6.07, 6.45) is 0. The highest BCUT2D eigenvalue weighted by Gasteiger charge is 2.19. The molecule has 0 bridgehead atoms. The molecule has 0 fully saturated rings. The molecule has 3 N–H and O–H groups in total. The van der Waals surface area contributed by atoms with E-state index in [-0.39, 0.29) is 11.4 Å². The number of rotatable bonds is 2. The minimum atomic E-state index is -0.688. The summed E-state index contributed by atoms with van der Waals surface area (Å²) in [5.74, 6) is -0.699. The van der Waals surface area contributed by atoms with Crippen molar-refractivity contribution in [1.29, 1.82) is 0 Å². The summed E-state index contributed by atoms with van der Waals surface area (Å²) in [6.45, 7) is 2.10. The van der Waals surface area contributed by atoms with Crippen LogP contribution in [-0.2, 0) is 14.1 Å². The van der Waals surface area contributed by atoms with Gasteiger partial charge in [0.1, 0.15) is 11.4 Å². The second kappa shape index (κ2) is 4.21. The van der Waals surface area contributed by atoms with Gasteiger partial charge in [0.25, 0.3) is 11.5 Å². The van der Waals surface area contributed by atoms with Crippen LogP contribution in [0.15, 0.2) is 9.59 Å². The van der Waals surface area contributed by atoms with Gasteiger partial charge in [0.2, 0.25) is 0 Å². The van der Waals surface area contributed by atoms with E-state index in [1.165, 1.54) is 14.1 Å². The molecule has 0 spiro atoms. The first-order valence-corrected chi connectivity index (χ1v) is 4.75. The number of anilines is 1. The van der Waals surface area contributed by atoms with Crippen molar-refractivity contribution in [3.63, 3.8) is 0 Å². The molecule has 1 rings (SSSR count). The molecule has 1 aromatic heterocycles. The molecule has 16 heavy (non-hydrogen) atoms. The lowest BCUT2D eigenvalue weighted by molar-refractivity contribution is 0.0954. The molecule has 7 nitrogen and oxygen atoms in total. The minimum Gasteiger partial charge on any atom is -0.384 e. The van der Waals surface area contributed by atoms with Crippen LogP contribution in [0.3, 0.4) is 0 Å². The Balaban J connectivity index is 3.59. The summed E-state index contributed by atoms with van der Waals surface area (Å²) >= 11 is 0. The third-order valence-electron chi connectivity index (χ3n) is 2.27. The van der Waals surface area contributed by atoms with Gasteiger partial charge in [-0.3, -0.25) is 18.7 Å². The fourth-order valence-electron chi connectivity index (χ4n) is 1.32. The maximum atomic E-state index is 11.7. The lowest BCUT2D eigenvalue weighted by atomic mass is 10.2. The van der Waals surface area contributed by atoms with E-state index >= 15 is 0 Å². The lowest BCUT2D eigenvalue weighted by Crippen LogP contribution is -2.43.